The molecule has 0 saturated heterocycles. The molecule has 1 unspecified atom stereocenters. The number of thiazole rings is 1. The largest absolute Gasteiger partial charge is 0.355 e. The van der Waals surface area contributed by atoms with Crippen molar-refractivity contribution in [1.82, 2.24) is 15.6 Å². The van der Waals surface area contributed by atoms with Crippen LogP contribution in [0.25, 0.3) is 0 Å². The van der Waals surface area contributed by atoms with Crippen molar-refractivity contribution in [2.75, 3.05) is 6.54 Å². The zero-order chi connectivity index (χ0) is 11.1. The smallest absolute Gasteiger partial charge is 0.236 e. The van der Waals surface area contributed by atoms with Gasteiger partial charge in [0.05, 0.1) is 6.04 Å². The van der Waals surface area contributed by atoms with Gasteiger partial charge in [0, 0.05) is 24.7 Å². The van der Waals surface area contributed by atoms with E-state index in [1.54, 1.807) is 17.5 Å². The fourth-order valence-electron chi connectivity index (χ4n) is 1.07. The molecule has 1 heterocycles. The maximum absolute atomic E-state index is 11.5. The number of carbonyl (C=O) groups excluding carboxylic acids is 1. The Hall–Kier alpha value is -0.940. The third-order valence-corrected chi connectivity index (χ3v) is 2.77. The number of amides is 1. The van der Waals surface area contributed by atoms with E-state index in [1.165, 1.54) is 0 Å². The first-order valence-corrected chi connectivity index (χ1v) is 6.01. The number of nitrogens with zero attached hydrogens (tertiary/aromatic N) is 1. The molecular formula is C10H17N3OS. The van der Waals surface area contributed by atoms with Gasteiger partial charge in [0.25, 0.3) is 0 Å². The summed E-state index contributed by atoms with van der Waals surface area (Å²) in [5, 5.41) is 8.91. The Balaban J connectivity index is 2.23. The van der Waals surface area contributed by atoms with Gasteiger partial charge in [0.15, 0.2) is 0 Å². The van der Waals surface area contributed by atoms with Crippen molar-refractivity contribution in [3.63, 3.8) is 0 Å². The summed E-state index contributed by atoms with van der Waals surface area (Å²) in [6, 6.07) is -0.166. The van der Waals surface area contributed by atoms with Crippen molar-refractivity contribution in [3.05, 3.63) is 16.6 Å². The van der Waals surface area contributed by atoms with Crippen LogP contribution in [-0.2, 0) is 11.3 Å². The molecule has 0 radical (unpaired) electrons. The lowest BCUT2D eigenvalue weighted by Crippen LogP contribution is -2.42. The van der Waals surface area contributed by atoms with Crippen LogP contribution in [0.1, 0.15) is 25.3 Å². The molecule has 1 rings (SSSR count). The van der Waals surface area contributed by atoms with Crippen molar-refractivity contribution in [3.8, 4) is 0 Å². The van der Waals surface area contributed by atoms with Gasteiger partial charge in [-0.25, -0.2) is 4.98 Å². The lowest BCUT2D eigenvalue weighted by atomic mass is 10.3. The van der Waals surface area contributed by atoms with Crippen molar-refractivity contribution in [1.29, 1.82) is 0 Å². The maximum atomic E-state index is 11.5. The summed E-state index contributed by atoms with van der Waals surface area (Å²) in [5.74, 6) is 0.0495. The second-order valence-corrected chi connectivity index (χ2v) is 4.30. The molecule has 1 amide bonds. The van der Waals surface area contributed by atoms with Crippen LogP contribution in [0.5, 0.6) is 0 Å². The first kappa shape index (κ1) is 12.1. The van der Waals surface area contributed by atoms with Crippen LogP contribution >= 0.6 is 11.3 Å². The third kappa shape index (κ3) is 4.40. The Morgan fingerprint density at radius 2 is 2.47 bits per heavy atom. The predicted molar refractivity (Wildman–Crippen MR) is 61.7 cm³/mol. The molecule has 0 saturated carbocycles. The van der Waals surface area contributed by atoms with Crippen LogP contribution in [0, 0.1) is 0 Å². The molecule has 0 bridgehead atoms. The van der Waals surface area contributed by atoms with Crippen molar-refractivity contribution in [2.45, 2.75) is 32.9 Å². The second kappa shape index (κ2) is 6.53. The monoisotopic (exact) mass is 227 g/mol. The highest BCUT2D eigenvalue weighted by molar-refractivity contribution is 7.09. The minimum atomic E-state index is -0.166. The van der Waals surface area contributed by atoms with Gasteiger partial charge in [-0.15, -0.1) is 11.3 Å². The van der Waals surface area contributed by atoms with Gasteiger partial charge in [-0.3, -0.25) is 10.1 Å². The molecule has 0 aromatic carbocycles. The summed E-state index contributed by atoms with van der Waals surface area (Å²) in [7, 11) is 0. The minimum absolute atomic E-state index is 0.0495. The van der Waals surface area contributed by atoms with Gasteiger partial charge in [-0.1, -0.05) is 6.92 Å². The van der Waals surface area contributed by atoms with E-state index in [-0.39, 0.29) is 11.9 Å². The Bertz CT molecular complexity index is 287. The number of hydrogen-bond donors (Lipinski definition) is 2. The standard InChI is InChI=1S/C10H17N3OS/c1-3-4-12-10(14)8(2)13-7-9-11-5-6-15-9/h5-6,8,13H,3-4,7H2,1-2H3,(H,12,14). The van der Waals surface area contributed by atoms with Gasteiger partial charge < -0.3 is 5.32 Å². The Morgan fingerprint density at radius 1 is 1.67 bits per heavy atom. The second-order valence-electron chi connectivity index (χ2n) is 3.32. The van der Waals surface area contributed by atoms with Crippen molar-refractivity contribution < 1.29 is 4.79 Å². The van der Waals surface area contributed by atoms with Crippen molar-refractivity contribution >= 4 is 17.2 Å². The fourth-order valence-corrected chi connectivity index (χ4v) is 1.64. The Kier molecular flexibility index (Phi) is 5.28. The molecule has 0 spiro atoms. The molecule has 1 atom stereocenters. The molecule has 0 aliphatic carbocycles. The van der Waals surface area contributed by atoms with Gasteiger partial charge >= 0.3 is 0 Å². The zero-order valence-electron chi connectivity index (χ0n) is 9.12. The van der Waals surface area contributed by atoms with E-state index in [0.29, 0.717) is 6.54 Å². The van der Waals surface area contributed by atoms with Crippen molar-refractivity contribution in [2.24, 2.45) is 0 Å². The molecule has 1 aromatic rings. The van der Waals surface area contributed by atoms with Crippen LogP contribution in [0.2, 0.25) is 0 Å². The molecule has 84 valence electrons. The zero-order valence-corrected chi connectivity index (χ0v) is 9.93. The van der Waals surface area contributed by atoms with E-state index >= 15 is 0 Å². The van der Waals surface area contributed by atoms with Crippen LogP contribution < -0.4 is 10.6 Å². The fraction of sp³-hybridized carbons (Fsp3) is 0.600. The number of aromatic nitrogens is 1. The molecule has 4 nitrogen and oxygen atoms in total. The number of hydrogen-bond acceptors (Lipinski definition) is 4. The number of carbonyl (C=O) groups is 1. The SMILES string of the molecule is CCCNC(=O)C(C)NCc1nccs1. The summed E-state index contributed by atoms with van der Waals surface area (Å²) in [5.41, 5.74) is 0. The number of nitrogens with one attached hydrogen (secondary N) is 2. The first-order chi connectivity index (χ1) is 7.24. The maximum Gasteiger partial charge on any atom is 0.236 e. The van der Waals surface area contributed by atoms with E-state index in [1.807, 2.05) is 19.2 Å². The lowest BCUT2D eigenvalue weighted by Gasteiger charge is -2.12. The Labute approximate surface area is 94.1 Å². The third-order valence-electron chi connectivity index (χ3n) is 1.99. The minimum Gasteiger partial charge on any atom is -0.355 e. The van der Waals surface area contributed by atoms with Crippen LogP contribution in [0.15, 0.2) is 11.6 Å². The summed E-state index contributed by atoms with van der Waals surface area (Å²) >= 11 is 1.59. The van der Waals surface area contributed by atoms with E-state index in [0.717, 1.165) is 18.0 Å². The normalized spacial score (nSPS) is 12.4. The molecule has 0 fully saturated rings. The summed E-state index contributed by atoms with van der Waals surface area (Å²) in [6.45, 7) is 5.28. The van der Waals surface area contributed by atoms with E-state index in [2.05, 4.69) is 15.6 Å². The highest BCUT2D eigenvalue weighted by atomic mass is 32.1. The molecular weight excluding hydrogens is 210 g/mol. The predicted octanol–water partition coefficient (Wildman–Crippen LogP) is 1.15. The van der Waals surface area contributed by atoms with Gasteiger partial charge in [-0.05, 0) is 13.3 Å². The average molecular weight is 227 g/mol. The summed E-state index contributed by atoms with van der Waals surface area (Å²) in [4.78, 5) is 15.6. The van der Waals surface area contributed by atoms with E-state index < -0.39 is 0 Å². The van der Waals surface area contributed by atoms with E-state index in [4.69, 9.17) is 0 Å². The quantitative estimate of drug-likeness (QED) is 0.766. The van der Waals surface area contributed by atoms with Gasteiger partial charge in [0.2, 0.25) is 5.91 Å². The molecule has 5 heteroatoms. The average Bonchev–Trinajstić information content (AvgIpc) is 2.75. The lowest BCUT2D eigenvalue weighted by molar-refractivity contribution is -0.122. The molecule has 1 aromatic heterocycles. The molecule has 0 aliphatic rings. The number of rotatable bonds is 6. The molecule has 2 N–H and O–H groups in total. The van der Waals surface area contributed by atoms with Crippen LogP contribution in [0.3, 0.4) is 0 Å². The first-order valence-electron chi connectivity index (χ1n) is 5.13. The van der Waals surface area contributed by atoms with E-state index in [9.17, 15) is 4.79 Å². The summed E-state index contributed by atoms with van der Waals surface area (Å²) < 4.78 is 0. The Morgan fingerprint density at radius 3 is 3.07 bits per heavy atom. The highest BCUT2D eigenvalue weighted by Gasteiger charge is 2.11. The summed E-state index contributed by atoms with van der Waals surface area (Å²) in [6.07, 6.45) is 2.73. The van der Waals surface area contributed by atoms with Gasteiger partial charge in [-0.2, -0.15) is 0 Å². The highest BCUT2D eigenvalue weighted by Crippen LogP contribution is 2.03. The topological polar surface area (TPSA) is 54.0 Å². The van der Waals surface area contributed by atoms with Gasteiger partial charge in [0.1, 0.15) is 5.01 Å². The van der Waals surface area contributed by atoms with Crippen LogP contribution in [0.4, 0.5) is 0 Å². The molecule has 0 aliphatic heterocycles. The van der Waals surface area contributed by atoms with Crippen LogP contribution in [-0.4, -0.2) is 23.5 Å². The molecule has 15 heavy (non-hydrogen) atoms.